The first-order chi connectivity index (χ1) is 13.7. The van der Waals surface area contributed by atoms with Crippen molar-refractivity contribution >= 4 is 15.9 Å². The van der Waals surface area contributed by atoms with Gasteiger partial charge in [0.1, 0.15) is 11.6 Å². The van der Waals surface area contributed by atoms with Gasteiger partial charge in [0.25, 0.3) is 5.91 Å². The lowest BCUT2D eigenvalue weighted by Crippen LogP contribution is -2.42. The Labute approximate surface area is 169 Å². The number of amides is 1. The van der Waals surface area contributed by atoms with Crippen molar-refractivity contribution in [2.75, 3.05) is 6.54 Å². The largest absolute Gasteiger partial charge is 0.345 e. The maximum Gasteiger partial charge on any atom is 0.251 e. The molecule has 1 aliphatic rings. The highest BCUT2D eigenvalue weighted by Gasteiger charge is 2.31. The number of carbonyl (C=O) groups is 1. The molecule has 1 fully saturated rings. The highest BCUT2D eigenvalue weighted by atomic mass is 32.2. The maximum atomic E-state index is 13.9. The molecule has 2 aromatic rings. The van der Waals surface area contributed by atoms with Crippen LogP contribution >= 0.6 is 0 Å². The third-order valence-electron chi connectivity index (χ3n) is 5.22. The Balaban J connectivity index is 1.80. The summed E-state index contributed by atoms with van der Waals surface area (Å²) in [4.78, 5) is 12.7. The maximum absolute atomic E-state index is 13.9. The molecule has 0 aromatic heterocycles. The number of nitrogens with zero attached hydrogens (tertiary/aromatic N) is 1. The van der Waals surface area contributed by atoms with E-state index in [-0.39, 0.29) is 22.1 Å². The third-order valence-corrected chi connectivity index (χ3v) is 7.23. The van der Waals surface area contributed by atoms with Crippen molar-refractivity contribution in [1.29, 1.82) is 0 Å². The van der Waals surface area contributed by atoms with Crippen LogP contribution in [0.15, 0.2) is 47.4 Å². The molecule has 1 heterocycles. The summed E-state index contributed by atoms with van der Waals surface area (Å²) >= 11 is 0. The highest BCUT2D eigenvalue weighted by Crippen LogP contribution is 2.26. The average Bonchev–Trinajstić information content (AvgIpc) is 2.68. The van der Waals surface area contributed by atoms with Crippen LogP contribution in [-0.4, -0.2) is 31.2 Å². The van der Waals surface area contributed by atoms with E-state index in [1.54, 1.807) is 6.92 Å². The fourth-order valence-electron chi connectivity index (χ4n) is 3.57. The Morgan fingerprint density at radius 1 is 1.17 bits per heavy atom. The summed E-state index contributed by atoms with van der Waals surface area (Å²) < 4.78 is 54.5. The second-order valence-corrected chi connectivity index (χ2v) is 9.24. The van der Waals surface area contributed by atoms with E-state index in [9.17, 15) is 22.0 Å². The zero-order valence-electron chi connectivity index (χ0n) is 16.4. The molecule has 5 nitrogen and oxygen atoms in total. The van der Waals surface area contributed by atoms with Gasteiger partial charge in [-0.25, -0.2) is 17.2 Å². The van der Waals surface area contributed by atoms with Crippen molar-refractivity contribution in [2.24, 2.45) is 0 Å². The van der Waals surface area contributed by atoms with Gasteiger partial charge in [0.15, 0.2) is 0 Å². The quantitative estimate of drug-likeness (QED) is 0.792. The number of nitrogens with one attached hydrogen (secondary N) is 1. The molecule has 29 heavy (non-hydrogen) atoms. The molecule has 2 atom stereocenters. The molecule has 0 spiro atoms. The monoisotopic (exact) mass is 422 g/mol. The van der Waals surface area contributed by atoms with Crippen molar-refractivity contribution in [3.05, 3.63) is 65.2 Å². The van der Waals surface area contributed by atoms with E-state index in [1.807, 2.05) is 6.92 Å². The van der Waals surface area contributed by atoms with Gasteiger partial charge < -0.3 is 5.32 Å². The van der Waals surface area contributed by atoms with Crippen LogP contribution < -0.4 is 5.32 Å². The van der Waals surface area contributed by atoms with Crippen LogP contribution in [0.25, 0.3) is 0 Å². The summed E-state index contributed by atoms with van der Waals surface area (Å²) in [7, 11) is -3.71. The summed E-state index contributed by atoms with van der Waals surface area (Å²) in [6.07, 6.45) is 2.61. The highest BCUT2D eigenvalue weighted by molar-refractivity contribution is 7.89. The summed E-state index contributed by atoms with van der Waals surface area (Å²) in [6.45, 7) is 3.91. The molecule has 1 N–H and O–H groups in total. The molecule has 0 aliphatic carbocycles. The lowest BCUT2D eigenvalue weighted by molar-refractivity contribution is 0.0939. The van der Waals surface area contributed by atoms with Gasteiger partial charge in [-0.2, -0.15) is 4.31 Å². The Morgan fingerprint density at radius 2 is 1.93 bits per heavy atom. The molecular formula is C21H24F2N2O3S. The standard InChI is InChI=1S/C21H24F2N2O3S/c1-14-6-3-4-11-25(14)29(27,28)18-8-5-7-16(12-18)21(26)24-15(2)19-10-9-17(22)13-20(19)23/h5,7-10,12-15H,3-4,6,11H2,1-2H3,(H,24,26)/t14-,15-/m0/s1. The van der Waals surface area contributed by atoms with Gasteiger partial charge in [-0.15, -0.1) is 0 Å². The molecular weight excluding hydrogens is 398 g/mol. The van der Waals surface area contributed by atoms with Gasteiger partial charge in [0.05, 0.1) is 10.9 Å². The number of benzene rings is 2. The van der Waals surface area contributed by atoms with E-state index >= 15 is 0 Å². The summed E-state index contributed by atoms with van der Waals surface area (Å²) in [5.74, 6) is -1.99. The first kappa shape index (κ1) is 21.4. The second kappa shape index (κ2) is 8.59. The Hall–Kier alpha value is -2.32. The lowest BCUT2D eigenvalue weighted by Gasteiger charge is -2.32. The number of piperidine rings is 1. The van der Waals surface area contributed by atoms with Gasteiger partial charge in [0, 0.05) is 29.8 Å². The Morgan fingerprint density at radius 3 is 2.62 bits per heavy atom. The third kappa shape index (κ3) is 4.64. The first-order valence-electron chi connectivity index (χ1n) is 9.58. The molecule has 0 radical (unpaired) electrons. The van der Waals surface area contributed by atoms with E-state index < -0.39 is 33.6 Å². The molecule has 3 rings (SSSR count). The topological polar surface area (TPSA) is 66.5 Å². The normalized spacial score (nSPS) is 19.0. The molecule has 1 aliphatic heterocycles. The summed E-state index contributed by atoms with van der Waals surface area (Å²) in [5, 5.41) is 2.63. The van der Waals surface area contributed by atoms with Gasteiger partial charge >= 0.3 is 0 Å². The van der Waals surface area contributed by atoms with E-state index in [4.69, 9.17) is 0 Å². The minimum atomic E-state index is -3.71. The second-order valence-electron chi connectivity index (χ2n) is 7.35. The molecule has 1 amide bonds. The number of rotatable bonds is 5. The molecule has 0 saturated carbocycles. The SMILES string of the molecule is C[C@H](NC(=O)c1cccc(S(=O)(=O)N2CCCC[C@@H]2C)c1)c1ccc(F)cc1F. The molecule has 8 heteroatoms. The van der Waals surface area contributed by atoms with E-state index in [0.717, 1.165) is 31.4 Å². The molecule has 2 aromatic carbocycles. The fraction of sp³-hybridized carbons (Fsp3) is 0.381. The summed E-state index contributed by atoms with van der Waals surface area (Å²) in [5.41, 5.74) is 0.302. The number of hydrogen-bond donors (Lipinski definition) is 1. The van der Waals surface area contributed by atoms with Crippen LogP contribution in [0, 0.1) is 11.6 Å². The predicted molar refractivity (Wildman–Crippen MR) is 106 cm³/mol. The van der Waals surface area contributed by atoms with Crippen LogP contribution in [0.5, 0.6) is 0 Å². The van der Waals surface area contributed by atoms with Crippen molar-refractivity contribution < 1.29 is 22.0 Å². The molecule has 1 saturated heterocycles. The molecule has 0 unspecified atom stereocenters. The van der Waals surface area contributed by atoms with Crippen molar-refractivity contribution in [1.82, 2.24) is 9.62 Å². The number of carbonyl (C=O) groups excluding carboxylic acids is 1. The van der Waals surface area contributed by atoms with Crippen molar-refractivity contribution in [3.8, 4) is 0 Å². The van der Waals surface area contributed by atoms with Crippen LogP contribution in [0.3, 0.4) is 0 Å². The lowest BCUT2D eigenvalue weighted by atomic mass is 10.1. The smallest absolute Gasteiger partial charge is 0.251 e. The van der Waals surface area contributed by atoms with Crippen LogP contribution in [0.2, 0.25) is 0 Å². The van der Waals surface area contributed by atoms with Crippen LogP contribution in [-0.2, 0) is 10.0 Å². The molecule has 0 bridgehead atoms. The number of halogens is 2. The minimum Gasteiger partial charge on any atom is -0.345 e. The Bertz CT molecular complexity index is 1010. The van der Waals surface area contributed by atoms with Crippen LogP contribution in [0.4, 0.5) is 8.78 Å². The van der Waals surface area contributed by atoms with E-state index in [0.29, 0.717) is 6.54 Å². The summed E-state index contributed by atoms with van der Waals surface area (Å²) in [6, 6.07) is 8.16. The number of sulfonamides is 1. The van der Waals surface area contributed by atoms with Crippen molar-refractivity contribution in [3.63, 3.8) is 0 Å². The van der Waals surface area contributed by atoms with Gasteiger partial charge in [0.2, 0.25) is 10.0 Å². The minimum absolute atomic E-state index is 0.0551. The predicted octanol–water partition coefficient (Wildman–Crippen LogP) is 4.02. The van der Waals surface area contributed by atoms with Crippen LogP contribution in [0.1, 0.15) is 55.1 Å². The van der Waals surface area contributed by atoms with E-state index in [2.05, 4.69) is 5.32 Å². The average molecular weight is 422 g/mol. The Kier molecular flexibility index (Phi) is 6.33. The molecule has 156 valence electrons. The first-order valence-corrected chi connectivity index (χ1v) is 11.0. The fourth-order valence-corrected chi connectivity index (χ4v) is 5.32. The van der Waals surface area contributed by atoms with Gasteiger partial charge in [-0.3, -0.25) is 4.79 Å². The van der Waals surface area contributed by atoms with Gasteiger partial charge in [-0.1, -0.05) is 18.6 Å². The zero-order chi connectivity index (χ0) is 21.2. The zero-order valence-corrected chi connectivity index (χ0v) is 17.2. The van der Waals surface area contributed by atoms with E-state index in [1.165, 1.54) is 34.6 Å². The number of hydrogen-bond acceptors (Lipinski definition) is 3. The van der Waals surface area contributed by atoms with Gasteiger partial charge in [-0.05, 0) is 51.0 Å². The van der Waals surface area contributed by atoms with Crippen molar-refractivity contribution in [2.45, 2.75) is 50.1 Å².